The van der Waals surface area contributed by atoms with E-state index in [9.17, 15) is 4.79 Å². The molecule has 90 valence electrons. The van der Waals surface area contributed by atoms with E-state index in [0.717, 1.165) is 0 Å². The third kappa shape index (κ3) is 1.77. The van der Waals surface area contributed by atoms with Crippen LogP contribution in [-0.4, -0.2) is 19.6 Å². The van der Waals surface area contributed by atoms with E-state index >= 15 is 0 Å². The van der Waals surface area contributed by atoms with Crippen LogP contribution in [0.3, 0.4) is 0 Å². The van der Waals surface area contributed by atoms with Gasteiger partial charge in [-0.05, 0) is 12.1 Å². The standard InChI is InChI=1S/C11H9N5O2/c12-7-2-1-3-8(4-7)18-10-5-9-14-15-11(17)16(9)6-13-10/h1-6H,12H2,(H,15,17). The Morgan fingerprint density at radius 1 is 1.33 bits per heavy atom. The number of aromatic nitrogens is 4. The van der Waals surface area contributed by atoms with Crippen molar-refractivity contribution in [1.82, 2.24) is 19.6 Å². The molecular weight excluding hydrogens is 234 g/mol. The van der Waals surface area contributed by atoms with Crippen LogP contribution >= 0.6 is 0 Å². The van der Waals surface area contributed by atoms with Crippen molar-refractivity contribution in [1.29, 1.82) is 0 Å². The van der Waals surface area contributed by atoms with Crippen LogP contribution in [-0.2, 0) is 0 Å². The number of benzene rings is 1. The number of nitrogens with one attached hydrogen (secondary N) is 1. The van der Waals surface area contributed by atoms with Gasteiger partial charge in [0.2, 0.25) is 5.88 Å². The van der Waals surface area contributed by atoms with E-state index in [-0.39, 0.29) is 5.69 Å². The van der Waals surface area contributed by atoms with Crippen LogP contribution in [0.4, 0.5) is 5.69 Å². The average Bonchev–Trinajstić information content (AvgIpc) is 2.71. The summed E-state index contributed by atoms with van der Waals surface area (Å²) >= 11 is 0. The van der Waals surface area contributed by atoms with Crippen LogP contribution in [0.5, 0.6) is 11.6 Å². The Kier molecular flexibility index (Phi) is 2.23. The maximum absolute atomic E-state index is 11.2. The van der Waals surface area contributed by atoms with Crippen LogP contribution in [0.1, 0.15) is 0 Å². The van der Waals surface area contributed by atoms with Crippen molar-refractivity contribution in [3.8, 4) is 11.6 Å². The molecule has 1 aromatic carbocycles. The molecule has 3 aromatic rings. The Bertz CT molecular complexity index is 761. The van der Waals surface area contributed by atoms with Crippen LogP contribution in [0.2, 0.25) is 0 Å². The number of fused-ring (bicyclic) bond motifs is 1. The Morgan fingerprint density at radius 3 is 3.06 bits per heavy atom. The number of H-pyrrole nitrogens is 1. The molecule has 0 saturated heterocycles. The molecule has 0 unspecified atom stereocenters. The van der Waals surface area contributed by atoms with Crippen LogP contribution < -0.4 is 16.2 Å². The lowest BCUT2D eigenvalue weighted by atomic mass is 10.3. The van der Waals surface area contributed by atoms with Crippen molar-refractivity contribution in [2.24, 2.45) is 0 Å². The van der Waals surface area contributed by atoms with Gasteiger partial charge < -0.3 is 10.5 Å². The molecule has 0 radical (unpaired) electrons. The molecular formula is C11H9N5O2. The number of hydrogen-bond donors (Lipinski definition) is 2. The largest absolute Gasteiger partial charge is 0.439 e. The van der Waals surface area contributed by atoms with E-state index < -0.39 is 0 Å². The quantitative estimate of drug-likeness (QED) is 0.648. The number of nitrogens with two attached hydrogens (primary N) is 1. The summed E-state index contributed by atoms with van der Waals surface area (Å²) in [5, 5.41) is 6.14. The van der Waals surface area contributed by atoms with Crippen LogP contribution in [0, 0.1) is 0 Å². The summed E-state index contributed by atoms with van der Waals surface area (Å²) in [6.45, 7) is 0. The Hall–Kier alpha value is -2.83. The van der Waals surface area contributed by atoms with E-state index in [4.69, 9.17) is 10.5 Å². The zero-order valence-electron chi connectivity index (χ0n) is 9.20. The number of ether oxygens (including phenoxy) is 1. The summed E-state index contributed by atoms with van der Waals surface area (Å²) in [5.74, 6) is 0.914. The first-order valence-corrected chi connectivity index (χ1v) is 5.18. The van der Waals surface area contributed by atoms with E-state index in [1.165, 1.54) is 10.7 Å². The fraction of sp³-hybridized carbons (Fsp3) is 0. The molecule has 0 amide bonds. The molecule has 7 nitrogen and oxygen atoms in total. The van der Waals surface area contributed by atoms with Gasteiger partial charge in [-0.25, -0.2) is 19.3 Å². The minimum Gasteiger partial charge on any atom is -0.439 e. The molecule has 0 fully saturated rings. The maximum Gasteiger partial charge on any atom is 0.348 e. The molecule has 3 rings (SSSR count). The molecule has 2 aromatic heterocycles. The van der Waals surface area contributed by atoms with Crippen molar-refractivity contribution in [3.05, 3.63) is 47.1 Å². The highest BCUT2D eigenvalue weighted by Gasteiger charge is 2.04. The molecule has 0 spiro atoms. The number of nitrogens with zero attached hydrogens (tertiary/aromatic N) is 3. The number of anilines is 1. The second kappa shape index (κ2) is 3.88. The van der Waals surface area contributed by atoms with Gasteiger partial charge in [-0.2, -0.15) is 5.10 Å². The molecule has 18 heavy (non-hydrogen) atoms. The van der Waals surface area contributed by atoms with Gasteiger partial charge in [-0.3, -0.25) is 0 Å². The molecule has 7 heteroatoms. The number of nitrogen functional groups attached to an aromatic ring is 1. The molecule has 3 N–H and O–H groups in total. The van der Waals surface area contributed by atoms with E-state index in [2.05, 4.69) is 15.2 Å². The first-order chi connectivity index (χ1) is 8.72. The number of rotatable bonds is 2. The second-order valence-corrected chi connectivity index (χ2v) is 3.66. The summed E-state index contributed by atoms with van der Waals surface area (Å²) in [7, 11) is 0. The normalized spacial score (nSPS) is 10.7. The smallest absolute Gasteiger partial charge is 0.348 e. The molecule has 0 aliphatic carbocycles. The van der Waals surface area contributed by atoms with Gasteiger partial charge in [0, 0.05) is 17.8 Å². The highest BCUT2D eigenvalue weighted by atomic mass is 16.5. The SMILES string of the molecule is Nc1cccc(Oc2cc3n[nH]c(=O)n3cn2)c1. The fourth-order valence-electron chi connectivity index (χ4n) is 1.55. The van der Waals surface area contributed by atoms with Crippen molar-refractivity contribution in [2.45, 2.75) is 0 Å². The highest BCUT2D eigenvalue weighted by molar-refractivity contribution is 5.46. The summed E-state index contributed by atoms with van der Waals surface area (Å²) < 4.78 is 6.80. The fourth-order valence-corrected chi connectivity index (χ4v) is 1.55. The minimum atomic E-state index is -0.340. The first-order valence-electron chi connectivity index (χ1n) is 5.18. The molecule has 0 aliphatic rings. The van der Waals surface area contributed by atoms with Gasteiger partial charge in [0.1, 0.15) is 12.1 Å². The Morgan fingerprint density at radius 2 is 2.22 bits per heavy atom. The van der Waals surface area contributed by atoms with Gasteiger partial charge in [-0.15, -0.1) is 0 Å². The van der Waals surface area contributed by atoms with Gasteiger partial charge in [0.25, 0.3) is 0 Å². The third-order valence-corrected chi connectivity index (χ3v) is 2.37. The highest BCUT2D eigenvalue weighted by Crippen LogP contribution is 2.21. The Balaban J connectivity index is 1.97. The second-order valence-electron chi connectivity index (χ2n) is 3.66. The van der Waals surface area contributed by atoms with Gasteiger partial charge in [0.15, 0.2) is 5.65 Å². The zero-order chi connectivity index (χ0) is 12.5. The maximum atomic E-state index is 11.2. The van der Waals surface area contributed by atoms with Crippen LogP contribution in [0.15, 0.2) is 41.5 Å². The molecule has 0 bridgehead atoms. The zero-order valence-corrected chi connectivity index (χ0v) is 9.20. The molecule has 2 heterocycles. The van der Waals surface area contributed by atoms with E-state index in [1.54, 1.807) is 30.3 Å². The first kappa shape index (κ1) is 10.3. The molecule has 0 saturated carbocycles. The summed E-state index contributed by atoms with van der Waals surface area (Å²) in [5.41, 5.74) is 6.34. The topological polar surface area (TPSA) is 98.3 Å². The lowest BCUT2D eigenvalue weighted by Crippen LogP contribution is -2.09. The van der Waals surface area contributed by atoms with Gasteiger partial charge in [0.05, 0.1) is 0 Å². The van der Waals surface area contributed by atoms with Gasteiger partial charge >= 0.3 is 5.69 Å². The lowest BCUT2D eigenvalue weighted by Gasteiger charge is -2.04. The van der Waals surface area contributed by atoms with Crippen LogP contribution in [0.25, 0.3) is 5.65 Å². The summed E-state index contributed by atoms with van der Waals surface area (Å²) in [6.07, 6.45) is 1.35. The number of hydrogen-bond acceptors (Lipinski definition) is 5. The van der Waals surface area contributed by atoms with Crippen molar-refractivity contribution < 1.29 is 4.74 Å². The lowest BCUT2D eigenvalue weighted by molar-refractivity contribution is 0.462. The summed E-state index contributed by atoms with van der Waals surface area (Å²) in [6, 6.07) is 8.54. The predicted octanol–water partition coefficient (Wildman–Crippen LogP) is 0.792. The van der Waals surface area contributed by atoms with Crippen molar-refractivity contribution in [2.75, 3.05) is 5.73 Å². The number of aromatic amines is 1. The van der Waals surface area contributed by atoms with Crippen molar-refractivity contribution in [3.63, 3.8) is 0 Å². The Labute approximate surface area is 101 Å². The average molecular weight is 243 g/mol. The minimum absolute atomic E-state index is 0.340. The third-order valence-electron chi connectivity index (χ3n) is 2.37. The molecule has 0 atom stereocenters. The van der Waals surface area contributed by atoms with E-state index in [1.807, 2.05) is 0 Å². The van der Waals surface area contributed by atoms with Gasteiger partial charge in [-0.1, -0.05) is 6.07 Å². The summed E-state index contributed by atoms with van der Waals surface area (Å²) in [4.78, 5) is 15.2. The monoisotopic (exact) mass is 243 g/mol. The van der Waals surface area contributed by atoms with E-state index in [0.29, 0.717) is 23.0 Å². The van der Waals surface area contributed by atoms with Crippen molar-refractivity contribution >= 4 is 11.3 Å². The predicted molar refractivity (Wildman–Crippen MR) is 64.5 cm³/mol. The molecule has 0 aliphatic heterocycles.